The highest BCUT2D eigenvalue weighted by molar-refractivity contribution is 5.65. The molecule has 2 saturated heterocycles. The van der Waals surface area contributed by atoms with Crippen molar-refractivity contribution in [2.45, 2.75) is 11.7 Å². The van der Waals surface area contributed by atoms with E-state index in [2.05, 4.69) is 0 Å². The van der Waals surface area contributed by atoms with Crippen molar-refractivity contribution in [3.05, 3.63) is 0 Å². The van der Waals surface area contributed by atoms with Gasteiger partial charge in [0.2, 0.25) is 0 Å². The second-order valence-electron chi connectivity index (χ2n) is 3.76. The maximum Gasteiger partial charge on any atom is 0.407 e. The van der Waals surface area contributed by atoms with E-state index in [9.17, 15) is 4.79 Å². The monoisotopic (exact) mass is 203 g/mol. The van der Waals surface area contributed by atoms with Gasteiger partial charge in [0, 0.05) is 0 Å². The van der Waals surface area contributed by atoms with Crippen molar-refractivity contribution < 1.29 is 24.5 Å². The van der Waals surface area contributed by atoms with Gasteiger partial charge in [0.25, 0.3) is 0 Å². The van der Waals surface area contributed by atoms with Crippen molar-refractivity contribution in [2.75, 3.05) is 32.9 Å². The fraction of sp³-hybridized carbons (Fsp3) is 0.875. The molecule has 0 bridgehead atoms. The largest absolute Gasteiger partial charge is 0.465 e. The van der Waals surface area contributed by atoms with Crippen molar-refractivity contribution in [1.29, 1.82) is 0 Å². The zero-order chi connectivity index (χ0) is 10.2. The lowest BCUT2D eigenvalue weighted by Crippen LogP contribution is -2.66. The Morgan fingerprint density at radius 2 is 2.29 bits per heavy atom. The van der Waals surface area contributed by atoms with E-state index in [1.54, 1.807) is 0 Å². The summed E-state index contributed by atoms with van der Waals surface area (Å²) >= 11 is 0. The van der Waals surface area contributed by atoms with Crippen LogP contribution < -0.4 is 0 Å². The molecule has 2 heterocycles. The minimum atomic E-state index is -0.974. The van der Waals surface area contributed by atoms with Crippen LogP contribution in [-0.2, 0) is 9.47 Å². The number of nitrogens with zero attached hydrogens (tertiary/aromatic N) is 1. The Kier molecular flexibility index (Phi) is 2.34. The highest BCUT2D eigenvalue weighted by Gasteiger charge is 2.47. The van der Waals surface area contributed by atoms with Gasteiger partial charge < -0.3 is 24.6 Å². The maximum atomic E-state index is 10.8. The van der Waals surface area contributed by atoms with E-state index >= 15 is 0 Å². The Hall–Kier alpha value is -0.850. The summed E-state index contributed by atoms with van der Waals surface area (Å²) < 4.78 is 10.6. The van der Waals surface area contributed by atoms with Crippen molar-refractivity contribution >= 4 is 6.09 Å². The average molecular weight is 203 g/mol. The van der Waals surface area contributed by atoms with Crippen molar-refractivity contribution in [2.24, 2.45) is 0 Å². The quantitative estimate of drug-likeness (QED) is 0.579. The summed E-state index contributed by atoms with van der Waals surface area (Å²) in [6.07, 6.45) is -1.40. The molecule has 1 amide bonds. The minimum Gasteiger partial charge on any atom is -0.465 e. The Morgan fingerprint density at radius 3 is 2.71 bits per heavy atom. The Morgan fingerprint density at radius 1 is 1.57 bits per heavy atom. The number of carbonyl (C=O) groups is 1. The Bertz CT molecular complexity index is 240. The van der Waals surface area contributed by atoms with Crippen LogP contribution in [0.2, 0.25) is 0 Å². The minimum absolute atomic E-state index is 0.161. The summed E-state index contributed by atoms with van der Waals surface area (Å²) in [5.74, 6) is 0. The third kappa shape index (κ3) is 1.56. The van der Waals surface area contributed by atoms with E-state index in [1.165, 1.54) is 4.90 Å². The molecule has 0 radical (unpaired) electrons. The summed E-state index contributed by atoms with van der Waals surface area (Å²) in [4.78, 5) is 12.1. The predicted molar refractivity (Wildman–Crippen MR) is 45.1 cm³/mol. The third-order valence-electron chi connectivity index (χ3n) is 2.52. The molecule has 2 N–H and O–H groups in total. The standard InChI is InChI=1S/C8H13NO5/c10-2-6-1-9(7(11)12)3-8(14-6)4-13-5-8/h6,10H,1-5H2,(H,11,12)/t6-/m0/s1. The molecule has 6 nitrogen and oxygen atoms in total. The molecule has 2 fully saturated rings. The highest BCUT2D eigenvalue weighted by Crippen LogP contribution is 2.28. The van der Waals surface area contributed by atoms with E-state index < -0.39 is 17.8 Å². The second-order valence-corrected chi connectivity index (χ2v) is 3.76. The molecule has 0 aromatic heterocycles. The molecule has 1 spiro atoms. The number of aliphatic hydroxyl groups is 1. The number of amides is 1. The SMILES string of the molecule is O=C(O)N1C[C@@H](CO)OC2(COC2)C1. The van der Waals surface area contributed by atoms with E-state index in [1.807, 2.05) is 0 Å². The van der Waals surface area contributed by atoms with Gasteiger partial charge in [-0.25, -0.2) is 4.79 Å². The number of rotatable bonds is 1. The highest BCUT2D eigenvalue weighted by atomic mass is 16.6. The lowest BCUT2D eigenvalue weighted by molar-refractivity contribution is -0.261. The van der Waals surface area contributed by atoms with Gasteiger partial charge in [0.05, 0.1) is 39.0 Å². The summed E-state index contributed by atoms with van der Waals surface area (Å²) in [5.41, 5.74) is -0.510. The molecule has 14 heavy (non-hydrogen) atoms. The molecule has 2 rings (SSSR count). The fourth-order valence-corrected chi connectivity index (χ4v) is 1.82. The molecule has 0 saturated carbocycles. The number of ether oxygens (including phenoxy) is 2. The van der Waals surface area contributed by atoms with E-state index in [4.69, 9.17) is 19.7 Å². The molecule has 2 aliphatic heterocycles. The smallest absolute Gasteiger partial charge is 0.407 e. The van der Waals surface area contributed by atoms with Crippen LogP contribution in [0.4, 0.5) is 4.79 Å². The lowest BCUT2D eigenvalue weighted by atomic mass is 9.98. The molecule has 0 aliphatic carbocycles. The van der Waals surface area contributed by atoms with E-state index in [0.717, 1.165) is 0 Å². The van der Waals surface area contributed by atoms with Crippen LogP contribution in [-0.4, -0.2) is 65.8 Å². The fourth-order valence-electron chi connectivity index (χ4n) is 1.82. The Balaban J connectivity index is 2.05. The van der Waals surface area contributed by atoms with Crippen molar-refractivity contribution in [3.8, 4) is 0 Å². The summed E-state index contributed by atoms with van der Waals surface area (Å²) in [6.45, 7) is 1.22. The summed E-state index contributed by atoms with van der Waals surface area (Å²) in [7, 11) is 0. The molecule has 2 aliphatic rings. The lowest BCUT2D eigenvalue weighted by Gasteiger charge is -2.49. The zero-order valence-corrected chi connectivity index (χ0v) is 7.68. The first kappa shape index (κ1) is 9.70. The van der Waals surface area contributed by atoms with Crippen LogP contribution in [0.25, 0.3) is 0 Å². The molecule has 80 valence electrons. The Labute approximate surface area is 81.0 Å². The van der Waals surface area contributed by atoms with Crippen LogP contribution >= 0.6 is 0 Å². The summed E-state index contributed by atoms with van der Waals surface area (Å²) in [5, 5.41) is 17.8. The number of hydrogen-bond donors (Lipinski definition) is 2. The topological polar surface area (TPSA) is 79.2 Å². The van der Waals surface area contributed by atoms with Crippen LogP contribution in [0.5, 0.6) is 0 Å². The first-order valence-electron chi connectivity index (χ1n) is 4.49. The van der Waals surface area contributed by atoms with Crippen LogP contribution in [0.1, 0.15) is 0 Å². The van der Waals surface area contributed by atoms with Gasteiger partial charge in [0.15, 0.2) is 0 Å². The first-order valence-corrected chi connectivity index (χ1v) is 4.49. The number of carboxylic acid groups (broad SMARTS) is 1. The maximum absolute atomic E-state index is 10.8. The molecular weight excluding hydrogens is 190 g/mol. The van der Waals surface area contributed by atoms with Gasteiger partial charge in [0.1, 0.15) is 5.60 Å². The van der Waals surface area contributed by atoms with Crippen molar-refractivity contribution in [1.82, 2.24) is 4.90 Å². The zero-order valence-electron chi connectivity index (χ0n) is 7.68. The van der Waals surface area contributed by atoms with Crippen molar-refractivity contribution in [3.63, 3.8) is 0 Å². The van der Waals surface area contributed by atoms with Gasteiger partial charge in [-0.1, -0.05) is 0 Å². The van der Waals surface area contributed by atoms with Gasteiger partial charge in [-0.2, -0.15) is 0 Å². The van der Waals surface area contributed by atoms with Gasteiger partial charge in [-0.15, -0.1) is 0 Å². The van der Waals surface area contributed by atoms with Crippen LogP contribution in [0.3, 0.4) is 0 Å². The normalized spacial score (nSPS) is 30.1. The molecule has 0 aromatic rings. The second kappa shape index (κ2) is 3.38. The first-order chi connectivity index (χ1) is 6.65. The van der Waals surface area contributed by atoms with Crippen LogP contribution in [0, 0.1) is 0 Å². The molecule has 1 atom stereocenters. The average Bonchev–Trinajstić information content (AvgIpc) is 2.14. The number of hydrogen-bond acceptors (Lipinski definition) is 4. The predicted octanol–water partition coefficient (Wildman–Crippen LogP) is -0.873. The van der Waals surface area contributed by atoms with E-state index in [-0.39, 0.29) is 13.2 Å². The number of morpholine rings is 1. The van der Waals surface area contributed by atoms with E-state index in [0.29, 0.717) is 19.8 Å². The van der Waals surface area contributed by atoms with Crippen LogP contribution in [0.15, 0.2) is 0 Å². The molecular formula is C8H13NO5. The van der Waals surface area contributed by atoms with Gasteiger partial charge in [-0.3, -0.25) is 0 Å². The molecule has 6 heteroatoms. The molecule has 0 aromatic carbocycles. The third-order valence-corrected chi connectivity index (χ3v) is 2.52. The molecule has 0 unspecified atom stereocenters. The summed E-state index contributed by atoms with van der Waals surface area (Å²) in [6, 6.07) is 0. The van der Waals surface area contributed by atoms with Gasteiger partial charge in [-0.05, 0) is 0 Å². The van der Waals surface area contributed by atoms with Gasteiger partial charge >= 0.3 is 6.09 Å². The number of aliphatic hydroxyl groups excluding tert-OH is 1.